The average molecular weight is 252 g/mol. The number of amides is 1. The maximum Gasteiger partial charge on any atom is 0.240 e. The van der Waals surface area contributed by atoms with Crippen molar-refractivity contribution in [3.05, 3.63) is 0 Å². The molecule has 3 aliphatic heterocycles. The molecule has 2 N–H and O–H groups in total. The molecule has 0 aliphatic carbocycles. The second kappa shape index (κ2) is 4.82. The largest absolute Gasteiger partial charge is 0.375 e. The zero-order valence-electron chi connectivity index (χ0n) is 11.2. The van der Waals surface area contributed by atoms with Crippen molar-refractivity contribution in [1.29, 1.82) is 0 Å². The third-order valence-corrected chi connectivity index (χ3v) is 4.88. The van der Waals surface area contributed by atoms with Gasteiger partial charge >= 0.3 is 0 Å². The summed E-state index contributed by atoms with van der Waals surface area (Å²) in [7, 11) is 0. The summed E-state index contributed by atoms with van der Waals surface area (Å²) in [6, 6.07) is 0. The van der Waals surface area contributed by atoms with E-state index in [2.05, 4.69) is 10.6 Å². The number of ether oxygens (including phenoxy) is 1. The lowest BCUT2D eigenvalue weighted by molar-refractivity contribution is -0.128. The van der Waals surface area contributed by atoms with Crippen LogP contribution in [0.15, 0.2) is 0 Å². The number of hydrogen-bond acceptors (Lipinski definition) is 3. The maximum absolute atomic E-state index is 12.3. The summed E-state index contributed by atoms with van der Waals surface area (Å²) in [5, 5.41) is 6.50. The third-order valence-electron chi connectivity index (χ3n) is 4.88. The number of carbonyl (C=O) groups excluding carboxylic acids is 1. The fourth-order valence-electron chi connectivity index (χ4n) is 3.63. The Morgan fingerprint density at radius 3 is 2.94 bits per heavy atom. The van der Waals surface area contributed by atoms with E-state index in [-0.39, 0.29) is 11.4 Å². The predicted octanol–water partition coefficient (Wildman–Crippen LogP) is 1.20. The van der Waals surface area contributed by atoms with E-state index in [1.807, 2.05) is 6.92 Å². The van der Waals surface area contributed by atoms with Crippen molar-refractivity contribution >= 4 is 5.91 Å². The minimum absolute atomic E-state index is 0.171. The summed E-state index contributed by atoms with van der Waals surface area (Å²) in [6.07, 6.45) is 7.69. The predicted molar refractivity (Wildman–Crippen MR) is 69.3 cm³/mol. The van der Waals surface area contributed by atoms with Crippen molar-refractivity contribution in [2.24, 2.45) is 5.92 Å². The molecule has 0 saturated carbocycles. The summed E-state index contributed by atoms with van der Waals surface area (Å²) in [6.45, 7) is 3.78. The van der Waals surface area contributed by atoms with Gasteiger partial charge in [-0.05, 0) is 52.0 Å². The van der Waals surface area contributed by atoms with Gasteiger partial charge < -0.3 is 15.4 Å². The average Bonchev–Trinajstić information content (AvgIpc) is 2.99. The van der Waals surface area contributed by atoms with Crippen LogP contribution in [0.3, 0.4) is 0 Å². The normalized spacial score (nSPS) is 43.1. The van der Waals surface area contributed by atoms with Crippen LogP contribution in [-0.2, 0) is 9.53 Å². The molecule has 4 nitrogen and oxygen atoms in total. The number of hydrogen-bond donors (Lipinski definition) is 2. The molecule has 4 unspecified atom stereocenters. The van der Waals surface area contributed by atoms with Gasteiger partial charge in [-0.1, -0.05) is 0 Å². The lowest BCUT2D eigenvalue weighted by atomic mass is 9.87. The molecule has 3 fully saturated rings. The smallest absolute Gasteiger partial charge is 0.240 e. The van der Waals surface area contributed by atoms with Crippen LogP contribution >= 0.6 is 0 Å². The Labute approximate surface area is 109 Å². The van der Waals surface area contributed by atoms with Gasteiger partial charge in [-0.2, -0.15) is 0 Å². The number of piperidine rings is 1. The fourth-order valence-corrected chi connectivity index (χ4v) is 3.63. The highest BCUT2D eigenvalue weighted by molar-refractivity contribution is 5.85. The van der Waals surface area contributed by atoms with Gasteiger partial charge in [0, 0.05) is 12.5 Å². The van der Waals surface area contributed by atoms with E-state index >= 15 is 0 Å². The molecule has 0 aromatic rings. The van der Waals surface area contributed by atoms with Crippen molar-refractivity contribution in [3.63, 3.8) is 0 Å². The van der Waals surface area contributed by atoms with Gasteiger partial charge in [-0.15, -0.1) is 0 Å². The van der Waals surface area contributed by atoms with Gasteiger partial charge in [0.15, 0.2) is 0 Å². The molecule has 3 aliphatic rings. The summed E-state index contributed by atoms with van der Waals surface area (Å²) in [5.74, 6) is 0.713. The lowest BCUT2D eigenvalue weighted by Gasteiger charge is -2.34. The van der Waals surface area contributed by atoms with Crippen LogP contribution < -0.4 is 10.6 Å². The minimum atomic E-state index is -0.350. The van der Waals surface area contributed by atoms with Crippen molar-refractivity contribution in [3.8, 4) is 0 Å². The number of carbonyl (C=O) groups is 1. The van der Waals surface area contributed by atoms with Gasteiger partial charge in [-0.25, -0.2) is 0 Å². The highest BCUT2D eigenvalue weighted by Crippen LogP contribution is 2.38. The van der Waals surface area contributed by atoms with E-state index < -0.39 is 0 Å². The Balaban J connectivity index is 1.49. The van der Waals surface area contributed by atoms with Crippen LogP contribution in [0.5, 0.6) is 0 Å². The molecule has 2 bridgehead atoms. The summed E-state index contributed by atoms with van der Waals surface area (Å²) >= 11 is 0. The van der Waals surface area contributed by atoms with Crippen molar-refractivity contribution in [1.82, 2.24) is 10.6 Å². The standard InChI is InChI=1S/C14H24N2O2/c1-14(6-2-3-7-16-14)13(17)15-9-10-8-11-4-5-12(10)18-11/h10-12,16H,2-9H2,1H3,(H,15,17). The molecule has 4 heteroatoms. The van der Waals surface area contributed by atoms with Gasteiger partial charge in [0.25, 0.3) is 0 Å². The van der Waals surface area contributed by atoms with Crippen molar-refractivity contribution in [2.45, 2.75) is 63.2 Å². The topological polar surface area (TPSA) is 50.4 Å². The molecule has 0 aromatic carbocycles. The molecular formula is C14H24N2O2. The van der Waals surface area contributed by atoms with Crippen molar-refractivity contribution < 1.29 is 9.53 Å². The molecule has 1 amide bonds. The van der Waals surface area contributed by atoms with Gasteiger partial charge in [0.1, 0.15) is 0 Å². The number of fused-ring (bicyclic) bond motifs is 2. The van der Waals surface area contributed by atoms with E-state index in [4.69, 9.17) is 4.74 Å². The van der Waals surface area contributed by atoms with Crippen LogP contribution in [0.2, 0.25) is 0 Å². The Morgan fingerprint density at radius 1 is 1.44 bits per heavy atom. The zero-order chi connectivity index (χ0) is 12.6. The van der Waals surface area contributed by atoms with Gasteiger partial charge in [-0.3, -0.25) is 4.79 Å². The lowest BCUT2D eigenvalue weighted by Crippen LogP contribution is -2.57. The van der Waals surface area contributed by atoms with E-state index in [1.54, 1.807) is 0 Å². The summed E-state index contributed by atoms with van der Waals surface area (Å²) < 4.78 is 5.82. The molecule has 0 aromatic heterocycles. The number of nitrogens with one attached hydrogen (secondary N) is 2. The molecule has 102 valence electrons. The highest BCUT2D eigenvalue weighted by Gasteiger charge is 2.41. The maximum atomic E-state index is 12.3. The molecule has 3 heterocycles. The molecule has 4 atom stereocenters. The second-order valence-corrected chi connectivity index (χ2v) is 6.30. The Morgan fingerprint density at radius 2 is 2.33 bits per heavy atom. The van der Waals surface area contributed by atoms with E-state index in [0.29, 0.717) is 18.1 Å². The fraction of sp³-hybridized carbons (Fsp3) is 0.929. The first kappa shape index (κ1) is 12.4. The molecule has 0 radical (unpaired) electrons. The molecule has 18 heavy (non-hydrogen) atoms. The van der Waals surface area contributed by atoms with E-state index in [9.17, 15) is 4.79 Å². The second-order valence-electron chi connectivity index (χ2n) is 6.30. The Bertz CT molecular complexity index is 326. The Kier molecular flexibility index (Phi) is 3.32. The van der Waals surface area contributed by atoms with Crippen LogP contribution in [0.1, 0.15) is 45.4 Å². The van der Waals surface area contributed by atoms with Crippen LogP contribution in [-0.4, -0.2) is 36.7 Å². The molecular weight excluding hydrogens is 228 g/mol. The molecule has 0 spiro atoms. The monoisotopic (exact) mass is 252 g/mol. The van der Waals surface area contributed by atoms with E-state index in [0.717, 1.165) is 32.4 Å². The molecule has 3 saturated heterocycles. The number of rotatable bonds is 3. The first-order valence-electron chi connectivity index (χ1n) is 7.36. The zero-order valence-corrected chi connectivity index (χ0v) is 11.2. The minimum Gasteiger partial charge on any atom is -0.375 e. The van der Waals surface area contributed by atoms with Crippen LogP contribution in [0.25, 0.3) is 0 Å². The first-order valence-corrected chi connectivity index (χ1v) is 7.36. The van der Waals surface area contributed by atoms with E-state index in [1.165, 1.54) is 19.3 Å². The van der Waals surface area contributed by atoms with Crippen LogP contribution in [0.4, 0.5) is 0 Å². The first-order chi connectivity index (χ1) is 8.67. The van der Waals surface area contributed by atoms with Crippen molar-refractivity contribution in [2.75, 3.05) is 13.1 Å². The third kappa shape index (κ3) is 2.28. The van der Waals surface area contributed by atoms with Gasteiger partial charge in [0.2, 0.25) is 5.91 Å². The van der Waals surface area contributed by atoms with Gasteiger partial charge in [0.05, 0.1) is 17.7 Å². The SMILES string of the molecule is CC1(C(=O)NCC2CC3CCC2O3)CCCCN1. The highest BCUT2D eigenvalue weighted by atomic mass is 16.5. The summed E-state index contributed by atoms with van der Waals surface area (Å²) in [5.41, 5.74) is -0.350. The quantitative estimate of drug-likeness (QED) is 0.793. The summed E-state index contributed by atoms with van der Waals surface area (Å²) in [4.78, 5) is 12.3. The molecule has 3 rings (SSSR count). The Hall–Kier alpha value is -0.610. The van der Waals surface area contributed by atoms with Crippen LogP contribution in [0, 0.1) is 5.92 Å².